The highest BCUT2D eigenvalue weighted by atomic mass is 19.4. The quantitative estimate of drug-likeness (QED) is 0.276. The average Bonchev–Trinajstić information content (AvgIpc) is 3.31. The maximum Gasteiger partial charge on any atom is 0.416 e. The van der Waals surface area contributed by atoms with Crippen molar-refractivity contribution in [1.82, 2.24) is 20.6 Å². The first kappa shape index (κ1) is 26.5. The van der Waals surface area contributed by atoms with Gasteiger partial charge in [-0.2, -0.15) is 13.2 Å². The molecule has 0 aliphatic carbocycles. The molecule has 5 N–H and O–H groups in total. The molecule has 38 heavy (non-hydrogen) atoms. The van der Waals surface area contributed by atoms with Gasteiger partial charge in [0.2, 0.25) is 5.91 Å². The summed E-state index contributed by atoms with van der Waals surface area (Å²) in [5, 5.41) is 6.12. The van der Waals surface area contributed by atoms with Crippen molar-refractivity contribution in [3.8, 4) is 5.75 Å². The van der Waals surface area contributed by atoms with Gasteiger partial charge in [0.15, 0.2) is 0 Å². The lowest BCUT2D eigenvalue weighted by Gasteiger charge is -2.19. The third-order valence-electron chi connectivity index (χ3n) is 6.06. The Morgan fingerprint density at radius 2 is 1.89 bits per heavy atom. The number of rotatable bonds is 8. The monoisotopic (exact) mass is 525 g/mol. The van der Waals surface area contributed by atoms with E-state index < -0.39 is 29.6 Å². The number of hydrogen-bond acceptors (Lipinski definition) is 5. The fourth-order valence-corrected chi connectivity index (χ4v) is 4.02. The van der Waals surface area contributed by atoms with Gasteiger partial charge in [0.1, 0.15) is 23.3 Å². The number of H-pyrrole nitrogens is 1. The molecule has 2 heterocycles. The van der Waals surface area contributed by atoms with Crippen molar-refractivity contribution in [3.05, 3.63) is 88.7 Å². The predicted molar refractivity (Wildman–Crippen MR) is 136 cm³/mol. The second kappa shape index (κ2) is 10.8. The summed E-state index contributed by atoms with van der Waals surface area (Å²) in [7, 11) is 1.53. The number of nitrogens with two attached hydrogens (primary N) is 1. The van der Waals surface area contributed by atoms with Gasteiger partial charge in [-0.25, -0.2) is 4.98 Å². The highest BCUT2D eigenvalue weighted by Crippen LogP contribution is 2.30. The number of nitrogens with one attached hydrogen (secondary N) is 3. The van der Waals surface area contributed by atoms with Crippen molar-refractivity contribution in [2.45, 2.75) is 32.1 Å². The normalized spacial score (nSPS) is 12.2. The zero-order chi connectivity index (χ0) is 27.4. The van der Waals surface area contributed by atoms with Gasteiger partial charge in [-0.3, -0.25) is 9.59 Å². The van der Waals surface area contributed by atoms with E-state index in [9.17, 15) is 22.8 Å². The smallest absolute Gasteiger partial charge is 0.416 e. The number of amides is 2. The molecular formula is C27H26F3N5O3. The van der Waals surface area contributed by atoms with E-state index in [2.05, 4.69) is 20.6 Å². The molecule has 0 fully saturated rings. The maximum absolute atomic E-state index is 13.2. The van der Waals surface area contributed by atoms with Gasteiger partial charge in [0.05, 0.1) is 12.7 Å². The van der Waals surface area contributed by atoms with Crippen LogP contribution >= 0.6 is 0 Å². The number of alkyl halides is 3. The van der Waals surface area contributed by atoms with Crippen molar-refractivity contribution in [1.29, 1.82) is 0 Å². The van der Waals surface area contributed by atoms with Crippen LogP contribution in [0, 0.1) is 6.92 Å². The predicted octanol–water partition coefficient (Wildman–Crippen LogP) is 4.14. The Kier molecular flexibility index (Phi) is 7.56. The summed E-state index contributed by atoms with van der Waals surface area (Å²) < 4.78 is 45.0. The molecule has 0 aliphatic rings. The van der Waals surface area contributed by atoms with Crippen LogP contribution in [0.5, 0.6) is 5.75 Å². The van der Waals surface area contributed by atoms with E-state index in [0.29, 0.717) is 28.3 Å². The number of nitrogen functional groups attached to an aromatic ring is 1. The molecule has 1 atom stereocenters. The molecule has 4 aromatic rings. The Bertz CT molecular complexity index is 1480. The van der Waals surface area contributed by atoms with Crippen molar-refractivity contribution in [2.24, 2.45) is 0 Å². The minimum atomic E-state index is -4.54. The molecule has 198 valence electrons. The van der Waals surface area contributed by atoms with Crippen molar-refractivity contribution >= 4 is 28.5 Å². The Labute approximate surface area is 216 Å². The molecule has 11 heteroatoms. The van der Waals surface area contributed by atoms with Crippen LogP contribution in [-0.2, 0) is 23.9 Å². The number of hydrogen-bond donors (Lipinski definition) is 4. The summed E-state index contributed by atoms with van der Waals surface area (Å²) in [5.74, 6) is -0.205. The van der Waals surface area contributed by atoms with Gasteiger partial charge in [0, 0.05) is 29.6 Å². The summed E-state index contributed by atoms with van der Waals surface area (Å²) >= 11 is 0. The molecule has 2 amide bonds. The van der Waals surface area contributed by atoms with E-state index >= 15 is 0 Å². The molecule has 0 radical (unpaired) electrons. The summed E-state index contributed by atoms with van der Waals surface area (Å²) in [5.41, 5.74) is 7.28. The largest absolute Gasteiger partial charge is 0.497 e. The Hall–Kier alpha value is -4.54. The second-order valence-corrected chi connectivity index (χ2v) is 8.76. The molecule has 8 nitrogen and oxygen atoms in total. The van der Waals surface area contributed by atoms with Gasteiger partial charge < -0.3 is 26.1 Å². The number of fused-ring (bicyclic) bond motifs is 1. The van der Waals surface area contributed by atoms with Crippen molar-refractivity contribution in [2.75, 3.05) is 12.8 Å². The summed E-state index contributed by atoms with van der Waals surface area (Å²) in [6.07, 6.45) is -4.70. The number of benzene rings is 2. The van der Waals surface area contributed by atoms with E-state index in [1.165, 1.54) is 19.2 Å². The maximum atomic E-state index is 13.2. The van der Waals surface area contributed by atoms with Gasteiger partial charge in [-0.1, -0.05) is 24.3 Å². The summed E-state index contributed by atoms with van der Waals surface area (Å²) in [6.45, 7) is 1.84. The number of halogens is 3. The number of pyridine rings is 1. The molecule has 0 spiro atoms. The Morgan fingerprint density at radius 1 is 1.11 bits per heavy atom. The number of methoxy groups -OCH3 is 1. The molecule has 2 aromatic carbocycles. The van der Waals surface area contributed by atoms with E-state index in [-0.39, 0.29) is 24.2 Å². The zero-order valence-corrected chi connectivity index (χ0v) is 20.6. The number of nitrogens with zero attached hydrogens (tertiary/aromatic N) is 1. The highest BCUT2D eigenvalue weighted by molar-refractivity contribution is 6.00. The number of carbonyl (C=O) groups is 2. The molecule has 0 saturated carbocycles. The number of aromatic nitrogens is 2. The number of carbonyl (C=O) groups excluding carboxylic acids is 2. The van der Waals surface area contributed by atoms with E-state index in [1.807, 2.05) is 0 Å². The van der Waals surface area contributed by atoms with Crippen LogP contribution in [0.25, 0.3) is 10.9 Å². The summed E-state index contributed by atoms with van der Waals surface area (Å²) in [6, 6.07) is 13.7. The van der Waals surface area contributed by atoms with Gasteiger partial charge in [-0.15, -0.1) is 0 Å². The highest BCUT2D eigenvalue weighted by Gasteiger charge is 2.31. The molecular weight excluding hydrogens is 499 g/mol. The molecule has 4 rings (SSSR count). The van der Waals surface area contributed by atoms with Crippen LogP contribution in [0.2, 0.25) is 0 Å². The fourth-order valence-electron chi connectivity index (χ4n) is 4.02. The van der Waals surface area contributed by atoms with Crippen molar-refractivity contribution in [3.63, 3.8) is 0 Å². The first-order chi connectivity index (χ1) is 18.0. The van der Waals surface area contributed by atoms with Gasteiger partial charge in [-0.05, 0) is 54.4 Å². The SMILES string of the molecule is COc1ccc2[nH]c(C(=O)N[C@@H](Cc3cccc(C(F)(F)F)c3)C(=O)NCc3ccc(N)nc3C)cc2c1. The van der Waals surface area contributed by atoms with E-state index in [4.69, 9.17) is 10.5 Å². The average molecular weight is 526 g/mol. The fraction of sp³-hybridized carbons (Fsp3) is 0.222. The van der Waals surface area contributed by atoms with Crippen LogP contribution in [0.15, 0.2) is 60.7 Å². The number of aromatic amines is 1. The minimum Gasteiger partial charge on any atom is -0.497 e. The number of anilines is 1. The van der Waals surface area contributed by atoms with E-state index in [1.54, 1.807) is 43.3 Å². The van der Waals surface area contributed by atoms with Crippen LogP contribution in [0.4, 0.5) is 19.0 Å². The lowest BCUT2D eigenvalue weighted by Crippen LogP contribution is -2.48. The number of aryl methyl sites for hydroxylation is 1. The second-order valence-electron chi connectivity index (χ2n) is 8.76. The Balaban J connectivity index is 1.57. The minimum absolute atomic E-state index is 0.0963. The molecule has 0 unspecified atom stereocenters. The molecule has 2 aromatic heterocycles. The first-order valence-electron chi connectivity index (χ1n) is 11.7. The first-order valence-corrected chi connectivity index (χ1v) is 11.7. The van der Waals surface area contributed by atoms with Crippen LogP contribution in [0.3, 0.4) is 0 Å². The van der Waals surface area contributed by atoms with Crippen LogP contribution in [-0.4, -0.2) is 34.9 Å². The van der Waals surface area contributed by atoms with Crippen molar-refractivity contribution < 1.29 is 27.5 Å². The van der Waals surface area contributed by atoms with E-state index in [0.717, 1.165) is 17.5 Å². The molecule has 0 bridgehead atoms. The lowest BCUT2D eigenvalue weighted by molar-refractivity contribution is -0.137. The zero-order valence-electron chi connectivity index (χ0n) is 20.6. The van der Waals surface area contributed by atoms with Gasteiger partial charge in [0.25, 0.3) is 5.91 Å². The van der Waals surface area contributed by atoms with Gasteiger partial charge >= 0.3 is 6.18 Å². The topological polar surface area (TPSA) is 122 Å². The number of ether oxygens (including phenoxy) is 1. The Morgan fingerprint density at radius 3 is 2.61 bits per heavy atom. The molecule has 0 saturated heterocycles. The standard InChI is InChI=1S/C27H26F3N5O3/c1-15-17(6-9-24(31)33-15)14-32-25(36)22(11-16-4-3-5-19(10-16)27(28,29)30)35-26(37)23-13-18-12-20(38-2)7-8-21(18)34-23/h3-10,12-13,22,34H,11,14H2,1-2H3,(H2,31,33)(H,32,36)(H,35,37)/t22-/m0/s1. The van der Waals surface area contributed by atoms with Crippen LogP contribution in [0.1, 0.15) is 32.9 Å². The third kappa shape index (κ3) is 6.23. The lowest BCUT2D eigenvalue weighted by atomic mass is 10.0. The summed E-state index contributed by atoms with van der Waals surface area (Å²) in [4.78, 5) is 33.4. The molecule has 0 aliphatic heterocycles. The third-order valence-corrected chi connectivity index (χ3v) is 6.06. The van der Waals surface area contributed by atoms with Crippen LogP contribution < -0.4 is 21.1 Å².